The highest BCUT2D eigenvalue weighted by Gasteiger charge is 2.07. The minimum Gasteiger partial charge on any atom is -0.471 e. The zero-order valence-electron chi connectivity index (χ0n) is 7.96. The number of benzene rings is 1. The second-order valence-corrected chi connectivity index (χ2v) is 3.48. The molecule has 5 heteroatoms. The Kier molecular flexibility index (Phi) is 3.26. The Morgan fingerprint density at radius 2 is 2.00 bits per heavy atom. The van der Waals surface area contributed by atoms with Crippen molar-refractivity contribution < 1.29 is 9.84 Å². The molecule has 0 fully saturated rings. The highest BCUT2D eigenvalue weighted by atomic mass is 32.1. The van der Waals surface area contributed by atoms with Crippen molar-refractivity contribution in [2.24, 2.45) is 0 Å². The van der Waals surface area contributed by atoms with Gasteiger partial charge in [-0.2, -0.15) is 4.37 Å². The van der Waals surface area contributed by atoms with Gasteiger partial charge in [-0.25, -0.2) is 0 Å². The summed E-state index contributed by atoms with van der Waals surface area (Å²) in [5, 5.41) is 8.93. The quantitative estimate of drug-likeness (QED) is 0.853. The first-order valence-corrected chi connectivity index (χ1v) is 5.22. The van der Waals surface area contributed by atoms with Gasteiger partial charge in [-0.1, -0.05) is 30.3 Å². The fourth-order valence-electron chi connectivity index (χ4n) is 1.13. The van der Waals surface area contributed by atoms with E-state index < -0.39 is 0 Å². The van der Waals surface area contributed by atoms with Crippen LogP contribution in [0.25, 0.3) is 0 Å². The summed E-state index contributed by atoms with van der Waals surface area (Å²) in [4.78, 5) is 0. The van der Waals surface area contributed by atoms with E-state index in [1.807, 2.05) is 30.3 Å². The van der Waals surface area contributed by atoms with Gasteiger partial charge >= 0.3 is 0 Å². The Hall–Kier alpha value is -1.46. The van der Waals surface area contributed by atoms with Crippen LogP contribution in [0.4, 0.5) is 0 Å². The summed E-state index contributed by atoms with van der Waals surface area (Å²) in [6, 6.07) is 9.79. The molecule has 0 unspecified atom stereocenters. The number of nitrogens with zero attached hydrogens (tertiary/aromatic N) is 2. The second kappa shape index (κ2) is 4.86. The Morgan fingerprint density at radius 1 is 1.20 bits per heavy atom. The smallest absolute Gasteiger partial charge is 0.251 e. The van der Waals surface area contributed by atoms with Crippen molar-refractivity contribution in [1.82, 2.24) is 8.75 Å². The second-order valence-electron chi connectivity index (χ2n) is 2.95. The third-order valence-corrected chi connectivity index (χ3v) is 2.44. The molecular formula is C10H10N2O2S. The summed E-state index contributed by atoms with van der Waals surface area (Å²) in [7, 11) is 0. The molecule has 1 N–H and O–H groups in total. The molecule has 0 saturated carbocycles. The SMILES string of the molecule is OCc1nsnc1OCc1ccccc1. The van der Waals surface area contributed by atoms with Crippen LogP contribution in [0.15, 0.2) is 30.3 Å². The van der Waals surface area contributed by atoms with Gasteiger partial charge in [-0.05, 0) is 5.56 Å². The lowest BCUT2D eigenvalue weighted by Gasteiger charge is -2.03. The third-order valence-electron chi connectivity index (χ3n) is 1.89. The van der Waals surface area contributed by atoms with E-state index in [9.17, 15) is 0 Å². The molecule has 1 aromatic carbocycles. The Labute approximate surface area is 91.5 Å². The first-order valence-electron chi connectivity index (χ1n) is 4.49. The van der Waals surface area contributed by atoms with Gasteiger partial charge in [0.25, 0.3) is 5.88 Å². The van der Waals surface area contributed by atoms with Crippen LogP contribution in [-0.2, 0) is 13.2 Å². The number of aromatic nitrogens is 2. The Balaban J connectivity index is 1.99. The number of hydrogen-bond donors (Lipinski definition) is 1. The van der Waals surface area contributed by atoms with E-state index in [2.05, 4.69) is 8.75 Å². The minimum absolute atomic E-state index is 0.138. The third kappa shape index (κ3) is 2.51. The molecule has 15 heavy (non-hydrogen) atoms. The fourth-order valence-corrected chi connectivity index (χ4v) is 1.64. The molecule has 4 nitrogen and oxygen atoms in total. The molecule has 2 aromatic rings. The lowest BCUT2D eigenvalue weighted by atomic mass is 10.2. The molecule has 1 aromatic heterocycles. The monoisotopic (exact) mass is 222 g/mol. The van der Waals surface area contributed by atoms with E-state index in [-0.39, 0.29) is 6.61 Å². The van der Waals surface area contributed by atoms with E-state index in [0.29, 0.717) is 18.2 Å². The van der Waals surface area contributed by atoms with Crippen LogP contribution in [-0.4, -0.2) is 13.9 Å². The molecule has 0 bridgehead atoms. The zero-order valence-corrected chi connectivity index (χ0v) is 8.78. The van der Waals surface area contributed by atoms with Gasteiger partial charge in [-0.3, -0.25) is 0 Å². The van der Waals surface area contributed by atoms with Crippen molar-refractivity contribution in [2.45, 2.75) is 13.2 Å². The lowest BCUT2D eigenvalue weighted by Crippen LogP contribution is -1.98. The van der Waals surface area contributed by atoms with Crippen LogP contribution in [0.5, 0.6) is 5.88 Å². The van der Waals surface area contributed by atoms with Gasteiger partial charge in [0.2, 0.25) is 0 Å². The highest BCUT2D eigenvalue weighted by molar-refractivity contribution is 6.99. The number of hydrogen-bond acceptors (Lipinski definition) is 5. The van der Waals surface area contributed by atoms with E-state index in [1.165, 1.54) is 0 Å². The lowest BCUT2D eigenvalue weighted by molar-refractivity contribution is 0.251. The largest absolute Gasteiger partial charge is 0.471 e. The first kappa shape index (κ1) is 10.1. The van der Waals surface area contributed by atoms with Crippen molar-refractivity contribution in [1.29, 1.82) is 0 Å². The van der Waals surface area contributed by atoms with Crippen molar-refractivity contribution >= 4 is 11.7 Å². The van der Waals surface area contributed by atoms with Crippen LogP contribution in [0, 0.1) is 0 Å². The number of aliphatic hydroxyl groups excluding tert-OH is 1. The summed E-state index contributed by atoms with van der Waals surface area (Å²) in [5.41, 5.74) is 1.56. The van der Waals surface area contributed by atoms with E-state index in [0.717, 1.165) is 17.3 Å². The average molecular weight is 222 g/mol. The van der Waals surface area contributed by atoms with Gasteiger partial charge in [0, 0.05) is 0 Å². The zero-order chi connectivity index (χ0) is 10.5. The van der Waals surface area contributed by atoms with Crippen LogP contribution >= 0.6 is 11.7 Å². The van der Waals surface area contributed by atoms with E-state index in [1.54, 1.807) is 0 Å². The maximum Gasteiger partial charge on any atom is 0.251 e. The molecule has 78 valence electrons. The maximum absolute atomic E-state index is 8.93. The predicted octanol–water partition coefficient (Wildman–Crippen LogP) is 1.61. The van der Waals surface area contributed by atoms with Gasteiger partial charge in [0.1, 0.15) is 12.3 Å². The summed E-state index contributed by atoms with van der Waals surface area (Å²) in [6.45, 7) is 0.305. The first-order chi connectivity index (χ1) is 7.40. The number of aliphatic hydroxyl groups is 1. The molecular weight excluding hydrogens is 212 g/mol. The molecule has 0 saturated heterocycles. The Morgan fingerprint density at radius 3 is 2.73 bits per heavy atom. The number of rotatable bonds is 4. The Bertz CT molecular complexity index is 416. The van der Waals surface area contributed by atoms with Gasteiger partial charge in [0.15, 0.2) is 0 Å². The summed E-state index contributed by atoms with van der Waals surface area (Å²) in [6.07, 6.45) is 0. The normalized spacial score (nSPS) is 10.2. The van der Waals surface area contributed by atoms with Crippen molar-refractivity contribution in [3.8, 4) is 5.88 Å². The summed E-state index contributed by atoms with van der Waals surface area (Å²) < 4.78 is 13.3. The minimum atomic E-state index is -0.138. The van der Waals surface area contributed by atoms with E-state index >= 15 is 0 Å². The highest BCUT2D eigenvalue weighted by Crippen LogP contribution is 2.16. The van der Waals surface area contributed by atoms with Crippen molar-refractivity contribution in [3.05, 3.63) is 41.6 Å². The maximum atomic E-state index is 8.93. The predicted molar refractivity (Wildman–Crippen MR) is 56.6 cm³/mol. The molecule has 0 spiro atoms. The molecule has 0 amide bonds. The van der Waals surface area contributed by atoms with Crippen LogP contribution in [0.3, 0.4) is 0 Å². The summed E-state index contributed by atoms with van der Waals surface area (Å²) in [5.74, 6) is 0.423. The standard InChI is InChI=1S/C10H10N2O2S/c13-6-9-10(12-15-11-9)14-7-8-4-2-1-3-5-8/h1-5,13H,6-7H2. The van der Waals surface area contributed by atoms with E-state index in [4.69, 9.17) is 9.84 Å². The number of ether oxygens (including phenoxy) is 1. The van der Waals surface area contributed by atoms with Gasteiger partial charge in [0.05, 0.1) is 18.3 Å². The van der Waals surface area contributed by atoms with Crippen molar-refractivity contribution in [2.75, 3.05) is 0 Å². The van der Waals surface area contributed by atoms with Crippen LogP contribution < -0.4 is 4.74 Å². The molecule has 0 aliphatic rings. The molecule has 0 atom stereocenters. The van der Waals surface area contributed by atoms with Gasteiger partial charge < -0.3 is 9.84 Å². The molecule has 0 aliphatic carbocycles. The van der Waals surface area contributed by atoms with Crippen LogP contribution in [0.1, 0.15) is 11.3 Å². The van der Waals surface area contributed by atoms with Crippen molar-refractivity contribution in [3.63, 3.8) is 0 Å². The molecule has 0 radical (unpaired) electrons. The van der Waals surface area contributed by atoms with Gasteiger partial charge in [-0.15, -0.1) is 4.37 Å². The fraction of sp³-hybridized carbons (Fsp3) is 0.200. The average Bonchev–Trinajstić information content (AvgIpc) is 2.75. The molecule has 0 aliphatic heterocycles. The summed E-state index contributed by atoms with van der Waals surface area (Å²) >= 11 is 1.04. The molecule has 1 heterocycles. The molecule has 2 rings (SSSR count). The van der Waals surface area contributed by atoms with Crippen LogP contribution in [0.2, 0.25) is 0 Å². The topological polar surface area (TPSA) is 55.2 Å².